The number of carbonyl (C=O) groups is 1. The summed E-state index contributed by atoms with van der Waals surface area (Å²) in [7, 11) is 0. The van der Waals surface area contributed by atoms with E-state index < -0.39 is 0 Å². The van der Waals surface area contributed by atoms with Crippen molar-refractivity contribution in [3.05, 3.63) is 84.0 Å². The normalized spacial score (nSPS) is 15.0. The molecule has 2 aromatic carbocycles. The Balaban J connectivity index is 1.90. The van der Waals surface area contributed by atoms with E-state index in [0.717, 1.165) is 24.0 Å². The van der Waals surface area contributed by atoms with E-state index in [0.29, 0.717) is 23.0 Å². The number of rotatable bonds is 5. The first-order valence-electron chi connectivity index (χ1n) is 7.62. The highest BCUT2D eigenvalue weighted by molar-refractivity contribution is 14.1. The van der Waals surface area contributed by atoms with E-state index in [2.05, 4.69) is 51.8 Å². The second kappa shape index (κ2) is 8.58. The lowest BCUT2D eigenvalue weighted by Crippen LogP contribution is -1.99. The second-order valence-electron chi connectivity index (χ2n) is 5.42. The van der Waals surface area contributed by atoms with Crippen LogP contribution in [-0.4, -0.2) is 12.6 Å². The summed E-state index contributed by atoms with van der Waals surface area (Å²) < 4.78 is 13.0. The van der Waals surface area contributed by atoms with Gasteiger partial charge in [-0.3, -0.25) is 0 Å². The fraction of sp³-hybridized carbons (Fsp3) is 0.0500. The molecule has 1 aliphatic heterocycles. The Labute approximate surface area is 184 Å². The highest BCUT2D eigenvalue weighted by Gasteiger charge is 2.22. The summed E-state index contributed by atoms with van der Waals surface area (Å²) in [5.41, 5.74) is 2.22. The number of esters is 1. The van der Waals surface area contributed by atoms with Crippen LogP contribution in [0.5, 0.6) is 5.75 Å². The van der Waals surface area contributed by atoms with E-state index in [1.165, 1.54) is 0 Å². The van der Waals surface area contributed by atoms with Crippen molar-refractivity contribution in [2.24, 2.45) is 0 Å². The van der Waals surface area contributed by atoms with Crippen LogP contribution in [-0.2, 0) is 9.53 Å². The van der Waals surface area contributed by atoms with Crippen molar-refractivity contribution in [2.45, 2.75) is 0 Å². The molecule has 0 saturated heterocycles. The van der Waals surface area contributed by atoms with Crippen LogP contribution >= 0.6 is 56.8 Å². The number of cyclic esters (lactones) is 1. The molecule has 0 radical (unpaired) electrons. The zero-order valence-corrected chi connectivity index (χ0v) is 18.5. The minimum Gasteiger partial charge on any atom is -0.487 e. The molecule has 0 aromatic heterocycles. The summed E-state index contributed by atoms with van der Waals surface area (Å²) in [6, 6.07) is 11.1. The maximum absolute atomic E-state index is 12.2. The van der Waals surface area contributed by atoms with E-state index in [9.17, 15) is 4.79 Å². The predicted molar refractivity (Wildman–Crippen MR) is 121 cm³/mol. The van der Waals surface area contributed by atoms with Crippen molar-refractivity contribution in [3.8, 4) is 5.75 Å². The average Bonchev–Trinajstić information content (AvgIpc) is 2.95. The van der Waals surface area contributed by atoms with Gasteiger partial charge >= 0.3 is 5.97 Å². The zero-order valence-electron chi connectivity index (χ0n) is 13.5. The van der Waals surface area contributed by atoms with Crippen LogP contribution in [0, 0.1) is 7.14 Å². The number of ether oxygens (including phenoxy) is 2. The summed E-state index contributed by atoms with van der Waals surface area (Å²) in [4.78, 5) is 12.2. The lowest BCUT2D eigenvalue weighted by atomic mass is 10.1. The number of benzene rings is 2. The Morgan fingerprint density at radius 3 is 2.42 bits per heavy atom. The van der Waals surface area contributed by atoms with Crippen molar-refractivity contribution < 1.29 is 14.3 Å². The highest BCUT2D eigenvalue weighted by atomic mass is 127. The average molecular weight is 591 g/mol. The van der Waals surface area contributed by atoms with Gasteiger partial charge in [0.05, 0.1) is 12.7 Å². The van der Waals surface area contributed by atoms with Crippen molar-refractivity contribution >= 4 is 74.6 Å². The SMILES string of the molecule is C=CCOc1c(I)cc(/C=C2\C=C(c3ccc(Cl)cc3)OC2=O)cc1I. The van der Waals surface area contributed by atoms with Crippen molar-refractivity contribution in [2.75, 3.05) is 6.61 Å². The van der Waals surface area contributed by atoms with E-state index in [1.807, 2.05) is 30.3 Å². The topological polar surface area (TPSA) is 35.5 Å². The molecule has 0 spiro atoms. The number of hydrogen-bond donors (Lipinski definition) is 0. The first-order chi connectivity index (χ1) is 12.5. The first kappa shape index (κ1) is 19.4. The van der Waals surface area contributed by atoms with Gasteiger partial charge in [-0.25, -0.2) is 4.79 Å². The molecule has 3 nitrogen and oxygen atoms in total. The van der Waals surface area contributed by atoms with Crippen LogP contribution in [0.2, 0.25) is 5.02 Å². The number of hydrogen-bond acceptors (Lipinski definition) is 3. The van der Waals surface area contributed by atoms with Gasteiger partial charge in [-0.2, -0.15) is 0 Å². The van der Waals surface area contributed by atoms with Gasteiger partial charge in [0.25, 0.3) is 0 Å². The van der Waals surface area contributed by atoms with Gasteiger partial charge in [0.1, 0.15) is 18.1 Å². The maximum Gasteiger partial charge on any atom is 0.343 e. The van der Waals surface area contributed by atoms with Crippen LogP contribution in [0.1, 0.15) is 11.1 Å². The fourth-order valence-corrected chi connectivity index (χ4v) is 4.62. The van der Waals surface area contributed by atoms with Crippen LogP contribution < -0.4 is 4.74 Å². The first-order valence-corrected chi connectivity index (χ1v) is 10.2. The molecule has 0 fully saturated rings. The van der Waals surface area contributed by atoms with Crippen LogP contribution in [0.4, 0.5) is 0 Å². The fourth-order valence-electron chi connectivity index (χ4n) is 2.37. The molecule has 0 unspecified atom stereocenters. The molecular weight excluding hydrogens is 577 g/mol. The molecule has 6 heteroatoms. The lowest BCUT2D eigenvalue weighted by Gasteiger charge is -2.09. The van der Waals surface area contributed by atoms with E-state index in [4.69, 9.17) is 21.1 Å². The molecule has 0 atom stereocenters. The lowest BCUT2D eigenvalue weighted by molar-refractivity contribution is -0.130. The van der Waals surface area contributed by atoms with E-state index >= 15 is 0 Å². The molecular formula is C20H13ClI2O3. The Hall–Kier alpha value is -1.32. The Morgan fingerprint density at radius 1 is 1.15 bits per heavy atom. The highest BCUT2D eigenvalue weighted by Crippen LogP contribution is 2.32. The Bertz CT molecular complexity index is 908. The molecule has 132 valence electrons. The molecule has 0 bridgehead atoms. The van der Waals surface area contributed by atoms with Gasteiger partial charge < -0.3 is 9.47 Å². The quantitative estimate of drug-likeness (QED) is 0.183. The summed E-state index contributed by atoms with van der Waals surface area (Å²) in [5.74, 6) is 0.972. The molecule has 2 aromatic rings. The molecule has 3 rings (SSSR count). The Kier molecular flexibility index (Phi) is 6.42. The van der Waals surface area contributed by atoms with Crippen molar-refractivity contribution in [3.63, 3.8) is 0 Å². The third-order valence-electron chi connectivity index (χ3n) is 3.54. The molecule has 1 aliphatic rings. The monoisotopic (exact) mass is 590 g/mol. The smallest absolute Gasteiger partial charge is 0.343 e. The van der Waals surface area contributed by atoms with Gasteiger partial charge in [-0.1, -0.05) is 24.3 Å². The van der Waals surface area contributed by atoms with Gasteiger partial charge in [0.2, 0.25) is 0 Å². The largest absolute Gasteiger partial charge is 0.487 e. The van der Waals surface area contributed by atoms with Gasteiger partial charge in [0, 0.05) is 10.6 Å². The van der Waals surface area contributed by atoms with Crippen LogP contribution in [0.25, 0.3) is 11.8 Å². The summed E-state index contributed by atoms with van der Waals surface area (Å²) in [6.45, 7) is 4.11. The third-order valence-corrected chi connectivity index (χ3v) is 5.40. The minimum atomic E-state index is -0.369. The Morgan fingerprint density at radius 2 is 1.81 bits per heavy atom. The molecule has 0 amide bonds. The molecule has 0 saturated carbocycles. The number of halogens is 3. The van der Waals surface area contributed by atoms with Gasteiger partial charge in [0.15, 0.2) is 0 Å². The summed E-state index contributed by atoms with van der Waals surface area (Å²) >= 11 is 10.3. The molecule has 1 heterocycles. The van der Waals surface area contributed by atoms with Gasteiger partial charge in [-0.05, 0) is 99.3 Å². The second-order valence-corrected chi connectivity index (χ2v) is 8.18. The molecule has 0 aliphatic carbocycles. The van der Waals surface area contributed by atoms with Crippen molar-refractivity contribution in [1.29, 1.82) is 0 Å². The number of carbonyl (C=O) groups excluding carboxylic acids is 1. The summed E-state index contributed by atoms with van der Waals surface area (Å²) in [6.07, 6.45) is 5.26. The maximum atomic E-state index is 12.2. The summed E-state index contributed by atoms with van der Waals surface area (Å²) in [5, 5.41) is 0.636. The van der Waals surface area contributed by atoms with Crippen LogP contribution in [0.15, 0.2) is 60.7 Å². The van der Waals surface area contributed by atoms with E-state index in [1.54, 1.807) is 24.3 Å². The minimum absolute atomic E-state index is 0.369. The van der Waals surface area contributed by atoms with Gasteiger partial charge in [-0.15, -0.1) is 0 Å². The van der Waals surface area contributed by atoms with Crippen LogP contribution in [0.3, 0.4) is 0 Å². The zero-order chi connectivity index (χ0) is 18.7. The van der Waals surface area contributed by atoms with E-state index in [-0.39, 0.29) is 5.97 Å². The predicted octanol–water partition coefficient (Wildman–Crippen LogP) is 6.10. The van der Waals surface area contributed by atoms with Crippen molar-refractivity contribution in [1.82, 2.24) is 0 Å². The third kappa shape index (κ3) is 4.50. The molecule has 26 heavy (non-hydrogen) atoms. The standard InChI is InChI=1S/C20H13ClI2O3/c1-2-7-25-19-16(22)9-12(10-17(19)23)8-14-11-18(26-20(14)24)13-3-5-15(21)6-4-13/h2-6,8-11H,1,7H2/b14-8+. The molecule has 0 N–H and O–H groups in total.